The highest BCUT2D eigenvalue weighted by molar-refractivity contribution is 4.81. The summed E-state index contributed by atoms with van der Waals surface area (Å²) in [5.41, 5.74) is 0.764. The van der Waals surface area contributed by atoms with Crippen LogP contribution in [0.15, 0.2) is 0 Å². The second-order valence-corrected chi connectivity index (χ2v) is 3.97. The number of hydrogen-bond donors (Lipinski definition) is 1. The molecule has 0 heterocycles. The number of nitrogens with one attached hydrogen (secondary N) is 1. The van der Waals surface area contributed by atoms with Crippen LogP contribution >= 0.6 is 0 Å². The van der Waals surface area contributed by atoms with Gasteiger partial charge in [-0.15, -0.1) is 0 Å². The van der Waals surface area contributed by atoms with E-state index in [4.69, 9.17) is 0 Å². The second kappa shape index (κ2) is 17.4. The van der Waals surface area contributed by atoms with Crippen molar-refractivity contribution >= 4 is 0 Å². The smallest absolute Gasteiger partial charge is 0.00775 e. The first kappa shape index (κ1) is 21.3. The molecule has 102 valence electrons. The molecule has 0 aromatic carbocycles. The minimum absolute atomic E-state index is 0.764. The number of rotatable bonds is 3. The van der Waals surface area contributed by atoms with E-state index in [0.29, 0.717) is 0 Å². The zero-order valence-corrected chi connectivity index (χ0v) is 13.2. The molecule has 1 aliphatic carbocycles. The summed E-state index contributed by atoms with van der Waals surface area (Å²) >= 11 is 0. The van der Waals surface area contributed by atoms with Gasteiger partial charge in [0.25, 0.3) is 0 Å². The van der Waals surface area contributed by atoms with Gasteiger partial charge in [-0.2, -0.15) is 0 Å². The molecule has 0 radical (unpaired) electrons. The summed E-state index contributed by atoms with van der Waals surface area (Å²) in [7, 11) is 0. The fourth-order valence-corrected chi connectivity index (χ4v) is 1.38. The summed E-state index contributed by atoms with van der Waals surface area (Å²) < 4.78 is 0. The molecular formula is C15H37N. The van der Waals surface area contributed by atoms with Crippen molar-refractivity contribution in [3.8, 4) is 0 Å². The molecule has 0 aromatic rings. The summed E-state index contributed by atoms with van der Waals surface area (Å²) in [4.78, 5) is 0. The molecule has 1 aliphatic rings. The third kappa shape index (κ3) is 14.0. The highest BCUT2D eigenvalue weighted by atomic mass is 14.8. The van der Waals surface area contributed by atoms with Crippen molar-refractivity contribution in [3.63, 3.8) is 0 Å². The molecule has 0 bridgehead atoms. The van der Waals surface area contributed by atoms with E-state index >= 15 is 0 Å². The lowest BCUT2D eigenvalue weighted by molar-refractivity contribution is 0.155. The van der Waals surface area contributed by atoms with Crippen LogP contribution in [0.1, 0.15) is 81.1 Å². The molecule has 0 atom stereocenters. The van der Waals surface area contributed by atoms with Gasteiger partial charge in [0.2, 0.25) is 0 Å². The lowest BCUT2D eigenvalue weighted by Crippen LogP contribution is -2.23. The Kier molecular flexibility index (Phi) is 23.1. The Balaban J connectivity index is -0.000000167. The highest BCUT2D eigenvalue weighted by Crippen LogP contribution is 2.42. The zero-order chi connectivity index (χ0) is 13.4. The maximum Gasteiger partial charge on any atom is -0.00775 e. The molecule has 1 N–H and O–H groups in total. The zero-order valence-electron chi connectivity index (χ0n) is 13.2. The average molecular weight is 231 g/mol. The van der Waals surface area contributed by atoms with E-state index in [1.54, 1.807) is 0 Å². The van der Waals surface area contributed by atoms with Crippen molar-refractivity contribution in [2.45, 2.75) is 81.1 Å². The molecule has 0 aliphatic heterocycles. The van der Waals surface area contributed by atoms with E-state index in [0.717, 1.165) is 18.5 Å². The van der Waals surface area contributed by atoms with Crippen LogP contribution in [-0.2, 0) is 0 Å². The molecule has 16 heavy (non-hydrogen) atoms. The molecule has 1 nitrogen and oxygen atoms in total. The standard InChI is InChI=1S/C7H14.C4H11N.2C2H6/c1-3-7(2)5-4-6-7;1-3-5-4-2;2*1-2/h3-6H2,1-2H3;5H,3-4H2,1-2H3;2*1-2H3. The Morgan fingerprint density at radius 1 is 0.875 bits per heavy atom. The first-order chi connectivity index (χ1) is 7.68. The van der Waals surface area contributed by atoms with E-state index in [-0.39, 0.29) is 0 Å². The predicted octanol–water partition coefficient (Wildman–Crippen LogP) is 5.25. The highest BCUT2D eigenvalue weighted by Gasteiger charge is 2.28. The molecule has 0 unspecified atom stereocenters. The maximum absolute atomic E-state index is 3.11. The van der Waals surface area contributed by atoms with Gasteiger partial charge in [0.15, 0.2) is 0 Å². The van der Waals surface area contributed by atoms with Crippen molar-refractivity contribution in [2.75, 3.05) is 13.1 Å². The minimum atomic E-state index is 0.764. The molecule has 0 saturated heterocycles. The third-order valence-electron chi connectivity index (χ3n) is 2.91. The van der Waals surface area contributed by atoms with Crippen LogP contribution < -0.4 is 5.32 Å². The second-order valence-electron chi connectivity index (χ2n) is 3.97. The summed E-state index contributed by atoms with van der Waals surface area (Å²) in [5.74, 6) is 0. The summed E-state index contributed by atoms with van der Waals surface area (Å²) in [5, 5.41) is 3.11. The largest absolute Gasteiger partial charge is 0.317 e. The molecule has 0 aromatic heterocycles. The van der Waals surface area contributed by atoms with E-state index in [1.807, 2.05) is 27.7 Å². The fourth-order valence-electron chi connectivity index (χ4n) is 1.38. The topological polar surface area (TPSA) is 12.0 Å². The van der Waals surface area contributed by atoms with Gasteiger partial charge in [0.05, 0.1) is 0 Å². The van der Waals surface area contributed by atoms with Gasteiger partial charge in [0, 0.05) is 0 Å². The first-order valence-electron chi connectivity index (χ1n) is 7.39. The van der Waals surface area contributed by atoms with Crippen molar-refractivity contribution < 1.29 is 0 Å². The van der Waals surface area contributed by atoms with Gasteiger partial charge in [-0.25, -0.2) is 0 Å². The van der Waals surface area contributed by atoms with Crippen LogP contribution in [-0.4, -0.2) is 13.1 Å². The molecule has 1 fully saturated rings. The maximum atomic E-state index is 3.11. The Morgan fingerprint density at radius 3 is 1.25 bits per heavy atom. The fraction of sp³-hybridized carbons (Fsp3) is 1.00. The van der Waals surface area contributed by atoms with Crippen LogP contribution in [0.25, 0.3) is 0 Å². The van der Waals surface area contributed by atoms with Gasteiger partial charge >= 0.3 is 0 Å². The van der Waals surface area contributed by atoms with E-state index in [2.05, 4.69) is 33.0 Å². The summed E-state index contributed by atoms with van der Waals surface area (Å²) in [6, 6.07) is 0. The van der Waals surface area contributed by atoms with Gasteiger partial charge in [-0.05, 0) is 31.3 Å². The lowest BCUT2D eigenvalue weighted by Gasteiger charge is -2.37. The van der Waals surface area contributed by atoms with Crippen LogP contribution in [0.5, 0.6) is 0 Å². The Labute approximate surface area is 105 Å². The van der Waals surface area contributed by atoms with Gasteiger partial charge in [0.1, 0.15) is 0 Å². The molecule has 0 spiro atoms. The Bertz CT molecular complexity index is 88.1. The molecular weight excluding hydrogens is 194 g/mol. The van der Waals surface area contributed by atoms with Gasteiger partial charge in [-0.1, -0.05) is 68.2 Å². The van der Waals surface area contributed by atoms with Crippen molar-refractivity contribution in [2.24, 2.45) is 5.41 Å². The quantitative estimate of drug-likeness (QED) is 0.699. The van der Waals surface area contributed by atoms with Gasteiger partial charge < -0.3 is 5.32 Å². The third-order valence-corrected chi connectivity index (χ3v) is 2.91. The van der Waals surface area contributed by atoms with Crippen LogP contribution in [0, 0.1) is 5.41 Å². The van der Waals surface area contributed by atoms with Crippen LogP contribution in [0.2, 0.25) is 0 Å². The molecule has 1 saturated carbocycles. The first-order valence-corrected chi connectivity index (χ1v) is 7.39. The minimum Gasteiger partial charge on any atom is -0.317 e. The molecule has 0 amide bonds. The lowest BCUT2D eigenvalue weighted by atomic mass is 9.69. The van der Waals surface area contributed by atoms with Crippen LogP contribution in [0.4, 0.5) is 0 Å². The predicted molar refractivity (Wildman–Crippen MR) is 79.2 cm³/mol. The number of hydrogen-bond acceptors (Lipinski definition) is 1. The monoisotopic (exact) mass is 231 g/mol. The van der Waals surface area contributed by atoms with E-state index in [9.17, 15) is 0 Å². The average Bonchev–Trinajstić information content (AvgIpc) is 2.33. The van der Waals surface area contributed by atoms with Crippen molar-refractivity contribution in [3.05, 3.63) is 0 Å². The van der Waals surface area contributed by atoms with Gasteiger partial charge in [-0.3, -0.25) is 0 Å². The Hall–Kier alpha value is -0.0400. The Morgan fingerprint density at radius 2 is 1.25 bits per heavy atom. The van der Waals surface area contributed by atoms with Crippen molar-refractivity contribution in [1.82, 2.24) is 5.32 Å². The molecule has 1 rings (SSSR count). The van der Waals surface area contributed by atoms with Crippen molar-refractivity contribution in [1.29, 1.82) is 0 Å². The SMILES string of the molecule is CC.CC.CCC1(C)CCC1.CCNCC. The van der Waals surface area contributed by atoms with E-state index < -0.39 is 0 Å². The van der Waals surface area contributed by atoms with E-state index in [1.165, 1.54) is 25.7 Å². The summed E-state index contributed by atoms with van der Waals surface area (Å²) in [6.45, 7) is 19.1. The normalized spacial score (nSPS) is 15.0. The van der Waals surface area contributed by atoms with Crippen LogP contribution in [0.3, 0.4) is 0 Å². The molecule has 1 heteroatoms. The summed E-state index contributed by atoms with van der Waals surface area (Å²) in [6.07, 6.45) is 5.81.